The molecule has 0 aromatic heterocycles. The van der Waals surface area contributed by atoms with Gasteiger partial charge in [0.05, 0.1) is 18.9 Å². The Labute approximate surface area is 129 Å². The Hall–Kier alpha value is -1.65. The largest absolute Gasteiger partial charge is 0.465 e. The molecule has 0 heterocycles. The fourth-order valence-corrected chi connectivity index (χ4v) is 2.37. The summed E-state index contributed by atoms with van der Waals surface area (Å²) in [7, 11) is -2.15. The molecule has 1 rings (SSSR count). The zero-order valence-electron chi connectivity index (χ0n) is 12.3. The number of hydrogen-bond donors (Lipinski definition) is 1. The first-order chi connectivity index (χ1) is 9.73. The Morgan fingerprint density at radius 2 is 2.05 bits per heavy atom. The predicted molar refractivity (Wildman–Crippen MR) is 85.9 cm³/mol. The van der Waals surface area contributed by atoms with Crippen molar-refractivity contribution < 1.29 is 17.9 Å². The van der Waals surface area contributed by atoms with Crippen LogP contribution in [0.25, 0.3) is 0 Å². The maximum absolute atomic E-state index is 11.8. The number of methoxy groups -OCH3 is 1. The number of anilines is 1. The first kappa shape index (κ1) is 17.4. The van der Waals surface area contributed by atoms with Crippen molar-refractivity contribution in [3.05, 3.63) is 29.3 Å². The molecule has 0 aliphatic heterocycles. The second-order valence-electron chi connectivity index (χ2n) is 4.52. The number of hydrogen-bond acceptors (Lipinski definition) is 5. The standard InChI is InChI=1S/C14H17NO4S2/c1-10(2)20-8-7-11-5-6-12(15-21(4,17)18)9-13(11)14(16)19-3/h5-6,9-10,15H,1-4H3. The summed E-state index contributed by atoms with van der Waals surface area (Å²) >= 11 is 1.44. The Kier molecular flexibility index (Phi) is 6.12. The molecule has 21 heavy (non-hydrogen) atoms. The number of nitrogens with one attached hydrogen (secondary N) is 1. The third-order valence-corrected chi connectivity index (χ3v) is 3.51. The van der Waals surface area contributed by atoms with Crippen LogP contribution in [0.4, 0.5) is 5.69 Å². The Morgan fingerprint density at radius 3 is 2.57 bits per heavy atom. The summed E-state index contributed by atoms with van der Waals surface area (Å²) in [5, 5.41) is 3.26. The van der Waals surface area contributed by atoms with Gasteiger partial charge in [-0.05, 0) is 23.5 Å². The normalized spacial score (nSPS) is 10.7. The molecule has 114 valence electrons. The lowest BCUT2D eigenvalue weighted by molar-refractivity contribution is 0.0600. The first-order valence-electron chi connectivity index (χ1n) is 6.09. The fourth-order valence-electron chi connectivity index (χ4n) is 1.41. The van der Waals surface area contributed by atoms with Crippen molar-refractivity contribution in [2.75, 3.05) is 18.1 Å². The SMILES string of the molecule is COC(=O)c1cc(NS(C)(=O)=O)ccc1C#CSC(C)C. The molecule has 0 aliphatic rings. The van der Waals surface area contributed by atoms with Gasteiger partial charge in [-0.15, -0.1) is 0 Å². The minimum absolute atomic E-state index is 0.225. The number of esters is 1. The van der Waals surface area contributed by atoms with E-state index in [1.165, 1.54) is 24.9 Å². The van der Waals surface area contributed by atoms with E-state index >= 15 is 0 Å². The van der Waals surface area contributed by atoms with Gasteiger partial charge in [-0.2, -0.15) is 0 Å². The predicted octanol–water partition coefficient (Wildman–Crippen LogP) is 2.30. The van der Waals surface area contributed by atoms with Crippen molar-refractivity contribution in [3.63, 3.8) is 0 Å². The second kappa shape index (κ2) is 7.38. The number of carbonyl (C=O) groups is 1. The quantitative estimate of drug-likeness (QED) is 0.678. The monoisotopic (exact) mass is 327 g/mol. The van der Waals surface area contributed by atoms with Crippen molar-refractivity contribution in [2.45, 2.75) is 19.1 Å². The van der Waals surface area contributed by atoms with Gasteiger partial charge < -0.3 is 4.74 Å². The number of ether oxygens (including phenoxy) is 1. The van der Waals surface area contributed by atoms with E-state index in [0.717, 1.165) is 6.26 Å². The molecule has 1 aromatic rings. The van der Waals surface area contributed by atoms with Crippen molar-refractivity contribution in [1.29, 1.82) is 0 Å². The van der Waals surface area contributed by atoms with Crippen LogP contribution in [0.2, 0.25) is 0 Å². The molecule has 0 fully saturated rings. The number of sulfonamides is 1. The maximum Gasteiger partial charge on any atom is 0.339 e. The third kappa shape index (κ3) is 6.10. The molecular weight excluding hydrogens is 310 g/mol. The van der Waals surface area contributed by atoms with E-state index < -0.39 is 16.0 Å². The average molecular weight is 327 g/mol. The second-order valence-corrected chi connectivity index (χ2v) is 7.65. The number of rotatable bonds is 4. The molecule has 0 amide bonds. The zero-order chi connectivity index (χ0) is 16.0. The van der Waals surface area contributed by atoms with Gasteiger partial charge in [0.25, 0.3) is 0 Å². The summed E-state index contributed by atoms with van der Waals surface area (Å²) < 4.78 is 29.5. The molecule has 0 unspecified atom stereocenters. The lowest BCUT2D eigenvalue weighted by Gasteiger charge is -2.07. The molecule has 0 saturated heterocycles. The van der Waals surface area contributed by atoms with Gasteiger partial charge in [-0.1, -0.05) is 31.5 Å². The van der Waals surface area contributed by atoms with Crippen LogP contribution < -0.4 is 4.72 Å². The van der Waals surface area contributed by atoms with Crippen molar-refractivity contribution in [2.24, 2.45) is 0 Å². The van der Waals surface area contributed by atoms with Crippen LogP contribution in [0.1, 0.15) is 29.8 Å². The highest BCUT2D eigenvalue weighted by Gasteiger charge is 2.13. The van der Waals surface area contributed by atoms with Crippen LogP contribution in [0.5, 0.6) is 0 Å². The van der Waals surface area contributed by atoms with Crippen LogP contribution in [-0.4, -0.2) is 33.0 Å². The van der Waals surface area contributed by atoms with Crippen LogP contribution in [0.3, 0.4) is 0 Å². The smallest absolute Gasteiger partial charge is 0.339 e. The first-order valence-corrected chi connectivity index (χ1v) is 8.87. The molecule has 1 aromatic carbocycles. The van der Waals surface area contributed by atoms with Crippen molar-refractivity contribution >= 4 is 33.4 Å². The van der Waals surface area contributed by atoms with Crippen LogP contribution in [0.15, 0.2) is 18.2 Å². The summed E-state index contributed by atoms with van der Waals surface area (Å²) in [5.74, 6) is 2.32. The molecular formula is C14H17NO4S2. The van der Waals surface area contributed by atoms with E-state index in [0.29, 0.717) is 16.5 Å². The molecule has 7 heteroatoms. The summed E-state index contributed by atoms with van der Waals surface area (Å²) in [6, 6.07) is 4.56. The summed E-state index contributed by atoms with van der Waals surface area (Å²) in [5.41, 5.74) is 1.01. The molecule has 0 radical (unpaired) electrons. The average Bonchev–Trinajstić information content (AvgIpc) is 2.37. The van der Waals surface area contributed by atoms with E-state index in [9.17, 15) is 13.2 Å². The van der Waals surface area contributed by atoms with Gasteiger partial charge in [-0.25, -0.2) is 13.2 Å². The highest BCUT2D eigenvalue weighted by molar-refractivity contribution is 8.04. The molecule has 0 aliphatic carbocycles. The van der Waals surface area contributed by atoms with E-state index in [4.69, 9.17) is 4.74 Å². The van der Waals surface area contributed by atoms with Gasteiger partial charge in [0.1, 0.15) is 0 Å². The Balaban J connectivity index is 3.19. The molecule has 0 bridgehead atoms. The van der Waals surface area contributed by atoms with Crippen LogP contribution in [-0.2, 0) is 14.8 Å². The summed E-state index contributed by atoms with van der Waals surface area (Å²) in [6.45, 7) is 4.03. The molecule has 0 atom stereocenters. The topological polar surface area (TPSA) is 72.5 Å². The van der Waals surface area contributed by atoms with E-state index in [-0.39, 0.29) is 5.56 Å². The number of benzene rings is 1. The van der Waals surface area contributed by atoms with E-state index in [2.05, 4.69) is 15.9 Å². The summed E-state index contributed by atoms with van der Waals surface area (Å²) in [4.78, 5) is 11.8. The van der Waals surface area contributed by atoms with Crippen molar-refractivity contribution in [1.82, 2.24) is 0 Å². The lowest BCUT2D eigenvalue weighted by Crippen LogP contribution is -2.11. The minimum Gasteiger partial charge on any atom is -0.465 e. The Bertz CT molecular complexity index is 685. The Morgan fingerprint density at radius 1 is 1.38 bits per heavy atom. The van der Waals surface area contributed by atoms with Gasteiger partial charge in [0.2, 0.25) is 10.0 Å². The molecule has 1 N–H and O–H groups in total. The fraction of sp³-hybridized carbons (Fsp3) is 0.357. The van der Waals surface area contributed by atoms with Gasteiger partial charge in [-0.3, -0.25) is 4.72 Å². The minimum atomic E-state index is -3.41. The lowest BCUT2D eigenvalue weighted by atomic mass is 10.1. The van der Waals surface area contributed by atoms with Gasteiger partial charge in [0.15, 0.2) is 0 Å². The van der Waals surface area contributed by atoms with Crippen LogP contribution >= 0.6 is 11.8 Å². The van der Waals surface area contributed by atoms with Crippen LogP contribution in [0, 0.1) is 11.2 Å². The highest BCUT2D eigenvalue weighted by Crippen LogP contribution is 2.18. The van der Waals surface area contributed by atoms with Gasteiger partial charge >= 0.3 is 5.97 Å². The molecule has 5 nitrogen and oxygen atoms in total. The number of carbonyl (C=O) groups excluding carboxylic acids is 1. The molecule has 0 spiro atoms. The number of thioether (sulfide) groups is 1. The van der Waals surface area contributed by atoms with Gasteiger partial charge in [0, 0.05) is 16.5 Å². The molecule has 0 saturated carbocycles. The van der Waals surface area contributed by atoms with E-state index in [1.807, 2.05) is 13.8 Å². The summed E-state index contributed by atoms with van der Waals surface area (Å²) in [6.07, 6.45) is 1.04. The van der Waals surface area contributed by atoms with Crippen molar-refractivity contribution in [3.8, 4) is 11.2 Å². The van der Waals surface area contributed by atoms with E-state index in [1.54, 1.807) is 12.1 Å². The maximum atomic E-state index is 11.8. The third-order valence-electron chi connectivity index (χ3n) is 2.21. The zero-order valence-corrected chi connectivity index (χ0v) is 13.9. The highest BCUT2D eigenvalue weighted by atomic mass is 32.2.